The van der Waals surface area contributed by atoms with Crippen LogP contribution in [0, 0.1) is 12.8 Å². The highest BCUT2D eigenvalue weighted by atomic mass is 35.5. The van der Waals surface area contributed by atoms with E-state index in [4.69, 9.17) is 16.6 Å². The summed E-state index contributed by atoms with van der Waals surface area (Å²) in [4.78, 5) is 4.78. The minimum Gasteiger partial charge on any atom is -0.309 e. The van der Waals surface area contributed by atoms with E-state index in [1.807, 2.05) is 25.6 Å². The van der Waals surface area contributed by atoms with Crippen molar-refractivity contribution in [3.05, 3.63) is 11.5 Å². The predicted molar refractivity (Wildman–Crippen MR) is 82.2 cm³/mol. The first-order valence-electron chi connectivity index (χ1n) is 7.54. The number of hydrogen-bond donors (Lipinski definition) is 0. The number of imidazole rings is 1. The molecule has 3 unspecified atom stereocenters. The third kappa shape index (κ3) is 2.14. The molecule has 0 radical (unpaired) electrons. The maximum absolute atomic E-state index is 6.38. The molecule has 0 bridgehead atoms. The SMILES string of the molecule is Cc1nn(C)c2c1nc(C(C)Cl)n2C1CCCC(C)C1. The van der Waals surface area contributed by atoms with Crippen molar-refractivity contribution in [1.29, 1.82) is 0 Å². The van der Waals surface area contributed by atoms with Crippen molar-refractivity contribution in [2.24, 2.45) is 13.0 Å². The van der Waals surface area contributed by atoms with Gasteiger partial charge >= 0.3 is 0 Å². The summed E-state index contributed by atoms with van der Waals surface area (Å²) < 4.78 is 4.32. The van der Waals surface area contributed by atoms with Gasteiger partial charge in [-0.15, -0.1) is 11.6 Å². The molecule has 20 heavy (non-hydrogen) atoms. The molecule has 3 atom stereocenters. The highest BCUT2D eigenvalue weighted by molar-refractivity contribution is 6.20. The lowest BCUT2D eigenvalue weighted by molar-refractivity contribution is 0.280. The molecule has 2 aromatic rings. The first-order valence-corrected chi connectivity index (χ1v) is 7.98. The molecule has 3 rings (SSSR count). The second-order valence-corrected chi connectivity index (χ2v) is 6.92. The van der Waals surface area contributed by atoms with Gasteiger partial charge in [0.05, 0.1) is 11.1 Å². The van der Waals surface area contributed by atoms with Crippen LogP contribution in [-0.4, -0.2) is 19.3 Å². The van der Waals surface area contributed by atoms with E-state index in [0.29, 0.717) is 6.04 Å². The molecule has 4 nitrogen and oxygen atoms in total. The topological polar surface area (TPSA) is 35.6 Å². The fourth-order valence-electron chi connectivity index (χ4n) is 3.59. The number of hydrogen-bond acceptors (Lipinski definition) is 2. The molecule has 5 heteroatoms. The van der Waals surface area contributed by atoms with Gasteiger partial charge in [0.2, 0.25) is 0 Å². The normalized spacial score (nSPS) is 25.2. The largest absolute Gasteiger partial charge is 0.309 e. The Bertz CT molecular complexity index is 625. The summed E-state index contributed by atoms with van der Waals surface area (Å²) in [5.74, 6) is 1.77. The monoisotopic (exact) mass is 294 g/mol. The maximum Gasteiger partial charge on any atom is 0.158 e. The van der Waals surface area contributed by atoms with Gasteiger partial charge in [-0.05, 0) is 32.6 Å². The van der Waals surface area contributed by atoms with Crippen molar-refractivity contribution in [2.45, 2.75) is 57.9 Å². The molecule has 0 N–H and O–H groups in total. The molecule has 1 fully saturated rings. The van der Waals surface area contributed by atoms with Crippen LogP contribution in [0.25, 0.3) is 11.2 Å². The van der Waals surface area contributed by atoms with E-state index >= 15 is 0 Å². The van der Waals surface area contributed by atoms with Crippen LogP contribution in [0.4, 0.5) is 0 Å². The lowest BCUT2D eigenvalue weighted by Gasteiger charge is -2.29. The molecule has 2 aromatic heterocycles. The third-order valence-electron chi connectivity index (χ3n) is 4.49. The van der Waals surface area contributed by atoms with Gasteiger partial charge in [-0.25, -0.2) is 4.98 Å². The van der Waals surface area contributed by atoms with Gasteiger partial charge in [0.1, 0.15) is 11.3 Å². The van der Waals surface area contributed by atoms with Crippen molar-refractivity contribution in [1.82, 2.24) is 19.3 Å². The van der Waals surface area contributed by atoms with Crippen LogP contribution in [0.1, 0.15) is 62.5 Å². The molecular weight excluding hydrogens is 272 g/mol. The van der Waals surface area contributed by atoms with Gasteiger partial charge in [-0.2, -0.15) is 5.10 Å². The number of halogens is 1. The van der Waals surface area contributed by atoms with E-state index in [-0.39, 0.29) is 5.38 Å². The van der Waals surface area contributed by atoms with Crippen molar-refractivity contribution < 1.29 is 0 Å². The number of fused-ring (bicyclic) bond motifs is 1. The van der Waals surface area contributed by atoms with Gasteiger partial charge in [-0.3, -0.25) is 4.68 Å². The zero-order valence-electron chi connectivity index (χ0n) is 12.7. The molecule has 0 aliphatic heterocycles. The summed E-state index contributed by atoms with van der Waals surface area (Å²) in [7, 11) is 2.00. The zero-order valence-corrected chi connectivity index (χ0v) is 13.5. The molecule has 0 spiro atoms. The Morgan fingerprint density at radius 2 is 2.10 bits per heavy atom. The van der Waals surface area contributed by atoms with E-state index in [0.717, 1.165) is 28.6 Å². The minimum absolute atomic E-state index is 0.0703. The van der Waals surface area contributed by atoms with Gasteiger partial charge < -0.3 is 4.57 Å². The summed E-state index contributed by atoms with van der Waals surface area (Å²) in [6.07, 6.45) is 5.06. The summed E-state index contributed by atoms with van der Waals surface area (Å²) >= 11 is 6.38. The van der Waals surface area contributed by atoms with Gasteiger partial charge in [0, 0.05) is 13.1 Å². The molecule has 0 amide bonds. The van der Waals surface area contributed by atoms with Gasteiger partial charge in [-0.1, -0.05) is 19.8 Å². The Hall–Kier alpha value is -1.03. The van der Waals surface area contributed by atoms with Crippen LogP contribution in [0.2, 0.25) is 0 Å². The maximum atomic E-state index is 6.38. The van der Waals surface area contributed by atoms with E-state index in [1.54, 1.807) is 0 Å². The smallest absolute Gasteiger partial charge is 0.158 e. The summed E-state index contributed by atoms with van der Waals surface area (Å²) in [5.41, 5.74) is 3.13. The summed E-state index contributed by atoms with van der Waals surface area (Å²) in [5, 5.41) is 4.45. The Labute approximate surface area is 125 Å². The molecule has 1 aliphatic rings. The van der Waals surface area contributed by atoms with Gasteiger partial charge in [0.25, 0.3) is 0 Å². The highest BCUT2D eigenvalue weighted by Gasteiger charge is 2.28. The van der Waals surface area contributed by atoms with Crippen LogP contribution < -0.4 is 0 Å². The fourth-order valence-corrected chi connectivity index (χ4v) is 3.74. The van der Waals surface area contributed by atoms with E-state index < -0.39 is 0 Å². The van der Waals surface area contributed by atoms with Crippen LogP contribution in [-0.2, 0) is 7.05 Å². The first kappa shape index (κ1) is 13.9. The average Bonchev–Trinajstić information content (AvgIpc) is 2.89. The Kier molecular flexibility index (Phi) is 3.53. The minimum atomic E-state index is -0.0703. The quantitative estimate of drug-likeness (QED) is 0.781. The zero-order chi connectivity index (χ0) is 14.4. The van der Waals surface area contributed by atoms with Crippen LogP contribution >= 0.6 is 11.6 Å². The molecular formula is C15H23ClN4. The van der Waals surface area contributed by atoms with Crippen molar-refractivity contribution >= 4 is 22.8 Å². The molecule has 1 aliphatic carbocycles. The first-order chi connectivity index (χ1) is 9.49. The van der Waals surface area contributed by atoms with Crippen LogP contribution in [0.3, 0.4) is 0 Å². The lowest BCUT2D eigenvalue weighted by atomic mass is 9.87. The Morgan fingerprint density at radius 3 is 2.75 bits per heavy atom. The van der Waals surface area contributed by atoms with Crippen LogP contribution in [0.15, 0.2) is 0 Å². The molecule has 1 saturated carbocycles. The van der Waals surface area contributed by atoms with E-state index in [9.17, 15) is 0 Å². The fraction of sp³-hybridized carbons (Fsp3) is 0.733. The lowest BCUT2D eigenvalue weighted by Crippen LogP contribution is -2.21. The third-order valence-corrected chi connectivity index (χ3v) is 4.69. The van der Waals surface area contributed by atoms with Crippen molar-refractivity contribution in [3.63, 3.8) is 0 Å². The molecule has 2 heterocycles. The highest BCUT2D eigenvalue weighted by Crippen LogP contribution is 2.37. The molecule has 110 valence electrons. The van der Waals surface area contributed by atoms with Crippen molar-refractivity contribution in [3.8, 4) is 0 Å². The summed E-state index contributed by atoms with van der Waals surface area (Å²) in [6.45, 7) is 6.37. The second-order valence-electron chi connectivity index (χ2n) is 6.26. The van der Waals surface area contributed by atoms with Crippen LogP contribution in [0.5, 0.6) is 0 Å². The Balaban J connectivity index is 2.17. The number of alkyl halides is 1. The number of aryl methyl sites for hydroxylation is 2. The molecule has 0 aromatic carbocycles. The van der Waals surface area contributed by atoms with E-state index in [1.165, 1.54) is 25.7 Å². The average molecular weight is 295 g/mol. The predicted octanol–water partition coefficient (Wildman–Crippen LogP) is 4.13. The second kappa shape index (κ2) is 5.06. The van der Waals surface area contributed by atoms with Crippen molar-refractivity contribution in [2.75, 3.05) is 0 Å². The standard InChI is InChI=1S/C15H23ClN4/c1-9-6-5-7-12(8-9)20-14(10(2)16)17-13-11(3)18-19(4)15(13)20/h9-10,12H,5-8H2,1-4H3. The van der Waals surface area contributed by atoms with Gasteiger partial charge in [0.15, 0.2) is 5.65 Å². The molecule has 0 saturated heterocycles. The van der Waals surface area contributed by atoms with E-state index in [2.05, 4.69) is 16.6 Å². The number of rotatable bonds is 2. The summed E-state index contributed by atoms with van der Waals surface area (Å²) in [6, 6.07) is 0.509. The number of nitrogens with zero attached hydrogens (tertiary/aromatic N) is 4. The number of aromatic nitrogens is 4. The Morgan fingerprint density at radius 1 is 1.35 bits per heavy atom.